The number of fused-ring (bicyclic) bond motifs is 1. The van der Waals surface area contributed by atoms with Gasteiger partial charge < -0.3 is 4.74 Å². The molecule has 1 amide bonds. The number of carbonyl (C=O) groups is 2. The van der Waals surface area contributed by atoms with E-state index in [9.17, 15) is 9.59 Å². The van der Waals surface area contributed by atoms with E-state index in [1.54, 1.807) is 32.9 Å². The summed E-state index contributed by atoms with van der Waals surface area (Å²) in [5.41, 5.74) is -0.0590. The molecule has 23 heavy (non-hydrogen) atoms. The number of hydroxylamine groups is 2. The van der Waals surface area contributed by atoms with Gasteiger partial charge in [-0.05, 0) is 32.9 Å². The summed E-state index contributed by atoms with van der Waals surface area (Å²) in [6, 6.07) is 3.19. The first-order chi connectivity index (χ1) is 10.7. The zero-order chi connectivity index (χ0) is 17.4. The number of H-pyrrole nitrogens is 1. The van der Waals surface area contributed by atoms with E-state index in [2.05, 4.69) is 10.2 Å². The van der Waals surface area contributed by atoms with Crippen LogP contribution >= 0.6 is 11.6 Å². The molecular formula is C15H18ClN3O4. The third-order valence-electron chi connectivity index (χ3n) is 3.04. The Morgan fingerprint density at radius 2 is 1.96 bits per heavy atom. The van der Waals surface area contributed by atoms with E-state index in [0.717, 1.165) is 5.06 Å². The van der Waals surface area contributed by atoms with Crippen LogP contribution in [-0.4, -0.2) is 46.9 Å². The molecule has 0 atom stereocenters. The second-order valence-electron chi connectivity index (χ2n) is 5.90. The van der Waals surface area contributed by atoms with Gasteiger partial charge in [0, 0.05) is 12.4 Å². The van der Waals surface area contributed by atoms with E-state index in [4.69, 9.17) is 21.2 Å². The van der Waals surface area contributed by atoms with Crippen LogP contribution in [0.2, 0.25) is 5.02 Å². The fourth-order valence-electron chi connectivity index (χ4n) is 2.00. The minimum absolute atomic E-state index is 0.0349. The fraction of sp³-hybridized carbons (Fsp3) is 0.400. The molecule has 1 N–H and O–H groups in total. The van der Waals surface area contributed by atoms with Crippen molar-refractivity contribution in [1.29, 1.82) is 0 Å². The van der Waals surface area contributed by atoms with Gasteiger partial charge in [-0.15, -0.1) is 0 Å². The lowest BCUT2D eigenvalue weighted by atomic mass is 10.1. The summed E-state index contributed by atoms with van der Waals surface area (Å²) in [5.74, 6) is -1.13. The lowest BCUT2D eigenvalue weighted by Gasteiger charge is -2.20. The predicted octanol–water partition coefficient (Wildman–Crippen LogP) is 2.81. The highest BCUT2D eigenvalue weighted by atomic mass is 35.5. The number of esters is 1. The van der Waals surface area contributed by atoms with Gasteiger partial charge in [0.05, 0.1) is 23.2 Å². The van der Waals surface area contributed by atoms with E-state index in [1.807, 2.05) is 0 Å². The highest BCUT2D eigenvalue weighted by Gasteiger charge is 2.28. The maximum atomic E-state index is 12.5. The van der Waals surface area contributed by atoms with Crippen molar-refractivity contribution in [2.45, 2.75) is 26.4 Å². The maximum absolute atomic E-state index is 12.5. The van der Waals surface area contributed by atoms with Gasteiger partial charge in [0.15, 0.2) is 5.69 Å². The Morgan fingerprint density at radius 1 is 1.30 bits per heavy atom. The zero-order valence-electron chi connectivity index (χ0n) is 13.6. The van der Waals surface area contributed by atoms with Gasteiger partial charge in [-0.2, -0.15) is 5.10 Å². The van der Waals surface area contributed by atoms with Gasteiger partial charge >= 0.3 is 5.97 Å². The van der Waals surface area contributed by atoms with E-state index in [1.165, 1.54) is 14.2 Å². The molecule has 0 bridgehead atoms. The Labute approximate surface area is 138 Å². The van der Waals surface area contributed by atoms with Crippen LogP contribution in [0, 0.1) is 0 Å². The molecule has 2 aromatic rings. The van der Waals surface area contributed by atoms with Crippen LogP contribution < -0.4 is 0 Å². The summed E-state index contributed by atoms with van der Waals surface area (Å²) >= 11 is 6.18. The number of hydrogen-bond acceptors (Lipinski definition) is 5. The number of carbonyl (C=O) groups excluding carboxylic acids is 2. The highest BCUT2D eigenvalue weighted by Crippen LogP contribution is 2.30. The standard InChI is InChI=1S/C15H18ClN3O4/c1-15(2,3)23-14(21)10-8(16)6-7-9-11(10)12(18-17-9)13(20)19(4)22-5/h6-7H,1-5H3,(H,17,18). The number of rotatable bonds is 3. The monoisotopic (exact) mass is 339 g/mol. The summed E-state index contributed by atoms with van der Waals surface area (Å²) in [5, 5.41) is 8.19. The van der Waals surface area contributed by atoms with Gasteiger partial charge in [-0.1, -0.05) is 11.6 Å². The second-order valence-corrected chi connectivity index (χ2v) is 6.31. The van der Waals surface area contributed by atoms with Crippen LogP contribution in [-0.2, 0) is 9.57 Å². The summed E-state index contributed by atoms with van der Waals surface area (Å²) in [6.45, 7) is 5.25. The maximum Gasteiger partial charge on any atom is 0.340 e. The number of nitrogens with one attached hydrogen (secondary N) is 1. The minimum Gasteiger partial charge on any atom is -0.456 e. The third kappa shape index (κ3) is 3.46. The Kier molecular flexibility index (Phi) is 4.63. The highest BCUT2D eigenvalue weighted by molar-refractivity contribution is 6.35. The van der Waals surface area contributed by atoms with Crippen LogP contribution in [0.15, 0.2) is 12.1 Å². The van der Waals surface area contributed by atoms with Crippen molar-refractivity contribution in [2.24, 2.45) is 0 Å². The molecule has 0 radical (unpaired) electrons. The zero-order valence-corrected chi connectivity index (χ0v) is 14.3. The van der Waals surface area contributed by atoms with Crippen LogP contribution in [0.3, 0.4) is 0 Å². The van der Waals surface area contributed by atoms with Crippen molar-refractivity contribution < 1.29 is 19.2 Å². The van der Waals surface area contributed by atoms with E-state index < -0.39 is 17.5 Å². The topological polar surface area (TPSA) is 84.5 Å². The lowest BCUT2D eigenvalue weighted by molar-refractivity contribution is -0.0759. The molecule has 0 spiro atoms. The number of hydrogen-bond donors (Lipinski definition) is 1. The Morgan fingerprint density at radius 3 is 2.52 bits per heavy atom. The van der Waals surface area contributed by atoms with Crippen LogP contribution in [0.25, 0.3) is 10.9 Å². The van der Waals surface area contributed by atoms with Crippen LogP contribution in [0.1, 0.15) is 41.6 Å². The van der Waals surface area contributed by atoms with Crippen molar-refractivity contribution in [3.8, 4) is 0 Å². The minimum atomic E-state index is -0.695. The molecule has 1 aromatic carbocycles. The summed E-state index contributed by atoms with van der Waals surface area (Å²) < 4.78 is 5.38. The summed E-state index contributed by atoms with van der Waals surface area (Å²) in [6.07, 6.45) is 0. The van der Waals surface area contributed by atoms with Crippen molar-refractivity contribution in [1.82, 2.24) is 15.3 Å². The first kappa shape index (κ1) is 17.2. The van der Waals surface area contributed by atoms with Crippen LogP contribution in [0.4, 0.5) is 0 Å². The number of aromatic amines is 1. The normalized spacial score (nSPS) is 11.6. The third-order valence-corrected chi connectivity index (χ3v) is 3.36. The Bertz CT molecular complexity index is 764. The van der Waals surface area contributed by atoms with Crippen molar-refractivity contribution in [3.63, 3.8) is 0 Å². The number of amides is 1. The molecule has 0 aliphatic heterocycles. The van der Waals surface area contributed by atoms with E-state index in [-0.39, 0.29) is 16.3 Å². The van der Waals surface area contributed by atoms with Gasteiger partial charge in [-0.3, -0.25) is 14.7 Å². The molecule has 0 saturated heterocycles. The van der Waals surface area contributed by atoms with Crippen LogP contribution in [0.5, 0.6) is 0 Å². The van der Waals surface area contributed by atoms with Gasteiger partial charge in [0.25, 0.3) is 5.91 Å². The number of benzene rings is 1. The largest absolute Gasteiger partial charge is 0.456 e. The number of halogens is 1. The van der Waals surface area contributed by atoms with Crippen molar-refractivity contribution in [2.75, 3.05) is 14.2 Å². The van der Waals surface area contributed by atoms with Crippen molar-refractivity contribution >= 4 is 34.4 Å². The fourth-order valence-corrected chi connectivity index (χ4v) is 2.24. The number of nitrogens with zero attached hydrogens (tertiary/aromatic N) is 2. The number of aromatic nitrogens is 2. The molecular weight excluding hydrogens is 322 g/mol. The SMILES string of the molecule is CON(C)C(=O)c1n[nH]c2ccc(Cl)c(C(=O)OC(C)(C)C)c12. The summed E-state index contributed by atoms with van der Waals surface area (Å²) in [7, 11) is 2.80. The molecule has 0 fully saturated rings. The molecule has 2 rings (SSSR count). The average Bonchev–Trinajstić information content (AvgIpc) is 2.87. The lowest BCUT2D eigenvalue weighted by Crippen LogP contribution is -2.27. The molecule has 1 aromatic heterocycles. The molecule has 0 aliphatic rings. The number of ether oxygens (including phenoxy) is 1. The van der Waals surface area contributed by atoms with Gasteiger partial charge in [-0.25, -0.2) is 9.86 Å². The molecule has 0 aliphatic carbocycles. The summed E-state index contributed by atoms with van der Waals surface area (Å²) in [4.78, 5) is 29.7. The molecule has 8 heteroatoms. The van der Waals surface area contributed by atoms with Gasteiger partial charge in [0.2, 0.25) is 0 Å². The predicted molar refractivity (Wildman–Crippen MR) is 85.4 cm³/mol. The quantitative estimate of drug-likeness (QED) is 0.686. The van der Waals surface area contributed by atoms with Gasteiger partial charge in [0.1, 0.15) is 5.60 Å². The average molecular weight is 340 g/mol. The molecule has 7 nitrogen and oxygen atoms in total. The molecule has 0 saturated carbocycles. The first-order valence-electron chi connectivity index (χ1n) is 6.88. The van der Waals surface area contributed by atoms with E-state index in [0.29, 0.717) is 10.9 Å². The Balaban J connectivity index is 2.64. The van der Waals surface area contributed by atoms with Crippen molar-refractivity contribution in [3.05, 3.63) is 28.4 Å². The molecule has 1 heterocycles. The molecule has 0 unspecified atom stereocenters. The second kappa shape index (κ2) is 6.17. The Hall–Kier alpha value is -2.12. The smallest absolute Gasteiger partial charge is 0.340 e. The van der Waals surface area contributed by atoms with E-state index >= 15 is 0 Å². The molecule has 124 valence electrons. The first-order valence-corrected chi connectivity index (χ1v) is 7.25.